The van der Waals surface area contributed by atoms with Crippen LogP contribution in [0.3, 0.4) is 0 Å². The van der Waals surface area contributed by atoms with Crippen LogP contribution in [0.4, 0.5) is 0 Å². The van der Waals surface area contributed by atoms with E-state index in [0.717, 1.165) is 0 Å². The maximum absolute atomic E-state index is 11.3. The van der Waals surface area contributed by atoms with Gasteiger partial charge in [-0.3, -0.25) is 4.18 Å². The molecule has 0 saturated heterocycles. The van der Waals surface area contributed by atoms with Crippen molar-refractivity contribution in [2.45, 2.75) is 4.90 Å². The summed E-state index contributed by atoms with van der Waals surface area (Å²) in [6.07, 6.45) is 0. The van der Waals surface area contributed by atoms with Gasteiger partial charge in [-0.25, -0.2) is 4.21 Å². The zero-order valence-electron chi connectivity index (χ0n) is 6.02. The predicted molar refractivity (Wildman–Crippen MR) is 47.2 cm³/mol. The summed E-state index contributed by atoms with van der Waals surface area (Å²) in [6.45, 7) is 0. The third-order valence-corrected chi connectivity index (χ3v) is 3.53. The van der Waals surface area contributed by atoms with Crippen LogP contribution in [0.5, 0.6) is 0 Å². The Bertz CT molecular complexity index is 316. The van der Waals surface area contributed by atoms with Gasteiger partial charge in [0.15, 0.2) is 8.77 Å². The Balaban J connectivity index is 3.14. The minimum absolute atomic E-state index is 0.553. The first-order chi connectivity index (χ1) is 5.17. The summed E-state index contributed by atoms with van der Waals surface area (Å²) >= 11 is 4.72. The van der Waals surface area contributed by atoms with Crippen LogP contribution in [-0.2, 0) is 24.1 Å². The van der Waals surface area contributed by atoms with Gasteiger partial charge in [0.25, 0.3) is 0 Å². The Labute approximate surface area is 71.1 Å². The topological polar surface area (TPSA) is 26.3 Å². The molecular formula is C7H8O2S2. The largest absolute Gasteiger partial charge is 0.290 e. The van der Waals surface area contributed by atoms with Crippen LogP contribution >= 0.6 is 0 Å². The second-order valence-electron chi connectivity index (χ2n) is 1.93. The van der Waals surface area contributed by atoms with Crippen molar-refractivity contribution >= 4 is 20.0 Å². The highest BCUT2D eigenvalue weighted by Crippen LogP contribution is 2.09. The van der Waals surface area contributed by atoms with Crippen LogP contribution in [0.1, 0.15) is 0 Å². The van der Waals surface area contributed by atoms with Gasteiger partial charge >= 0.3 is 0 Å². The van der Waals surface area contributed by atoms with Crippen molar-refractivity contribution < 1.29 is 8.39 Å². The van der Waals surface area contributed by atoms with E-state index in [9.17, 15) is 4.21 Å². The third kappa shape index (κ3) is 1.99. The molecule has 0 aromatic heterocycles. The van der Waals surface area contributed by atoms with Gasteiger partial charge < -0.3 is 0 Å². The van der Waals surface area contributed by atoms with Crippen LogP contribution in [0.25, 0.3) is 0 Å². The molecule has 2 nitrogen and oxygen atoms in total. The molecule has 1 unspecified atom stereocenters. The Hall–Kier alpha value is -0.450. The van der Waals surface area contributed by atoms with E-state index in [-0.39, 0.29) is 0 Å². The van der Waals surface area contributed by atoms with Crippen LogP contribution in [-0.4, -0.2) is 11.3 Å². The van der Waals surface area contributed by atoms with E-state index in [2.05, 4.69) is 4.18 Å². The van der Waals surface area contributed by atoms with Gasteiger partial charge in [0.05, 0.1) is 12.0 Å². The minimum Gasteiger partial charge on any atom is -0.290 e. The molecule has 1 atom stereocenters. The van der Waals surface area contributed by atoms with Crippen molar-refractivity contribution in [3.05, 3.63) is 30.3 Å². The molecule has 0 N–H and O–H groups in total. The molecule has 0 aliphatic heterocycles. The van der Waals surface area contributed by atoms with E-state index in [1.165, 1.54) is 7.11 Å². The van der Waals surface area contributed by atoms with Crippen molar-refractivity contribution in [1.29, 1.82) is 0 Å². The normalized spacial score (nSPS) is 15.7. The smallest absolute Gasteiger partial charge is 0.173 e. The van der Waals surface area contributed by atoms with Crippen molar-refractivity contribution in [3.63, 3.8) is 0 Å². The zero-order chi connectivity index (χ0) is 8.32. The van der Waals surface area contributed by atoms with E-state index in [1.807, 2.05) is 6.07 Å². The third-order valence-electron chi connectivity index (χ3n) is 1.25. The summed E-state index contributed by atoms with van der Waals surface area (Å²) in [5, 5.41) is 0. The highest BCUT2D eigenvalue weighted by atomic mass is 32.8. The van der Waals surface area contributed by atoms with Crippen molar-refractivity contribution in [3.8, 4) is 0 Å². The highest BCUT2D eigenvalue weighted by Gasteiger charge is 2.05. The molecule has 11 heavy (non-hydrogen) atoms. The standard InChI is InChI=1S/C7H8O2S2/c1-9-11(8,10)7-5-3-2-4-6-7/h2-6H,1H3. The summed E-state index contributed by atoms with van der Waals surface area (Å²) in [4.78, 5) is 0.553. The first kappa shape index (κ1) is 8.64. The summed E-state index contributed by atoms with van der Waals surface area (Å²) in [5.74, 6) is 0. The monoisotopic (exact) mass is 188 g/mol. The Kier molecular flexibility index (Phi) is 2.59. The quantitative estimate of drug-likeness (QED) is 0.701. The molecule has 1 rings (SSSR count). The van der Waals surface area contributed by atoms with Crippen LogP contribution in [0, 0.1) is 0 Å². The van der Waals surface area contributed by atoms with Gasteiger partial charge in [0.2, 0.25) is 0 Å². The summed E-state index contributed by atoms with van der Waals surface area (Å²) in [7, 11) is -1.32. The molecule has 1 aromatic carbocycles. The van der Waals surface area contributed by atoms with Gasteiger partial charge in [0.1, 0.15) is 0 Å². The second kappa shape index (κ2) is 3.30. The molecule has 0 amide bonds. The van der Waals surface area contributed by atoms with Crippen molar-refractivity contribution in [2.24, 2.45) is 0 Å². The first-order valence-electron chi connectivity index (χ1n) is 3.02. The van der Waals surface area contributed by atoms with E-state index < -0.39 is 8.77 Å². The fourth-order valence-corrected chi connectivity index (χ4v) is 1.70. The second-order valence-corrected chi connectivity index (χ2v) is 4.96. The molecule has 0 aliphatic rings. The molecule has 0 aliphatic carbocycles. The summed E-state index contributed by atoms with van der Waals surface area (Å²) < 4.78 is 16.0. The lowest BCUT2D eigenvalue weighted by Gasteiger charge is -2.02. The first-order valence-corrected chi connectivity index (χ1v) is 5.43. The molecule has 4 heteroatoms. The average molecular weight is 188 g/mol. The van der Waals surface area contributed by atoms with Gasteiger partial charge in [-0.15, -0.1) is 0 Å². The molecule has 60 valence electrons. The number of rotatable bonds is 2. The SMILES string of the molecule is COS(=O)(=S)c1ccccc1. The molecule has 0 bridgehead atoms. The molecule has 0 spiro atoms. The number of hydrogen-bond acceptors (Lipinski definition) is 3. The van der Waals surface area contributed by atoms with Crippen LogP contribution in [0.2, 0.25) is 0 Å². The Morgan fingerprint density at radius 1 is 1.36 bits per heavy atom. The zero-order valence-corrected chi connectivity index (χ0v) is 7.65. The van der Waals surface area contributed by atoms with Gasteiger partial charge in [-0.1, -0.05) is 18.2 Å². The molecule has 1 aromatic rings. The number of hydrogen-bond donors (Lipinski definition) is 0. The van der Waals surface area contributed by atoms with Crippen LogP contribution < -0.4 is 0 Å². The lowest BCUT2D eigenvalue weighted by atomic mass is 10.4. The molecular weight excluding hydrogens is 180 g/mol. The Morgan fingerprint density at radius 3 is 2.36 bits per heavy atom. The van der Waals surface area contributed by atoms with Gasteiger partial charge in [0, 0.05) is 11.2 Å². The van der Waals surface area contributed by atoms with Crippen LogP contribution in [0.15, 0.2) is 35.2 Å². The fourth-order valence-electron chi connectivity index (χ4n) is 0.683. The van der Waals surface area contributed by atoms with Crippen molar-refractivity contribution in [2.75, 3.05) is 7.11 Å². The predicted octanol–water partition coefficient (Wildman–Crippen LogP) is 1.35. The van der Waals surface area contributed by atoms with Gasteiger partial charge in [-0.2, -0.15) is 0 Å². The lowest BCUT2D eigenvalue weighted by Crippen LogP contribution is -1.99. The number of benzene rings is 1. The summed E-state index contributed by atoms with van der Waals surface area (Å²) in [6, 6.07) is 8.78. The van der Waals surface area contributed by atoms with E-state index in [1.54, 1.807) is 24.3 Å². The molecule has 0 radical (unpaired) electrons. The molecule has 0 fully saturated rings. The average Bonchev–Trinajstić information content (AvgIpc) is 2.06. The highest BCUT2D eigenvalue weighted by molar-refractivity contribution is 8.30. The lowest BCUT2D eigenvalue weighted by molar-refractivity contribution is 0.443. The maximum Gasteiger partial charge on any atom is 0.173 e. The fraction of sp³-hybridized carbons (Fsp3) is 0.143. The van der Waals surface area contributed by atoms with E-state index in [0.29, 0.717) is 4.90 Å². The minimum atomic E-state index is -2.66. The Morgan fingerprint density at radius 2 is 1.91 bits per heavy atom. The van der Waals surface area contributed by atoms with Gasteiger partial charge in [-0.05, 0) is 12.1 Å². The van der Waals surface area contributed by atoms with E-state index in [4.69, 9.17) is 11.2 Å². The maximum atomic E-state index is 11.3. The van der Waals surface area contributed by atoms with E-state index >= 15 is 0 Å². The summed E-state index contributed by atoms with van der Waals surface area (Å²) in [5.41, 5.74) is 0. The van der Waals surface area contributed by atoms with Crippen molar-refractivity contribution in [1.82, 2.24) is 0 Å². The molecule has 0 heterocycles. The molecule has 0 saturated carbocycles.